The third-order valence-electron chi connectivity index (χ3n) is 7.60. The van der Waals surface area contributed by atoms with Crippen LogP contribution in [0.4, 0.5) is 0 Å². The van der Waals surface area contributed by atoms with Gasteiger partial charge in [-0.05, 0) is 0 Å². The predicted octanol–water partition coefficient (Wildman–Crippen LogP) is 0.524. The summed E-state index contributed by atoms with van der Waals surface area (Å²) in [7, 11) is 0. The zero-order valence-electron chi connectivity index (χ0n) is 17.9. The fourth-order valence-corrected chi connectivity index (χ4v) is 68.9. The third-order valence-corrected chi connectivity index (χ3v) is 56.2. The molecule has 0 N–H and O–H groups in total. The van der Waals surface area contributed by atoms with E-state index in [-0.39, 0.29) is 24.8 Å². The van der Waals surface area contributed by atoms with Gasteiger partial charge in [0.25, 0.3) is 0 Å². The molecule has 0 nitrogen and oxygen atoms in total. The number of allylic oxidation sites excluding steroid dienone is 2. The van der Waals surface area contributed by atoms with Crippen LogP contribution in [0.3, 0.4) is 0 Å². The topological polar surface area (TPSA) is 0 Å². The van der Waals surface area contributed by atoms with E-state index in [0.717, 1.165) is 7.25 Å². The van der Waals surface area contributed by atoms with Crippen molar-refractivity contribution in [3.8, 4) is 0 Å². The number of hydrogen-bond donors (Lipinski definition) is 0. The molecule has 2 atom stereocenters. The van der Waals surface area contributed by atoms with Crippen LogP contribution >= 0.6 is 0 Å². The minimum absolute atomic E-state index is 0. The van der Waals surface area contributed by atoms with Gasteiger partial charge in [0, 0.05) is 0 Å². The molecule has 2 unspecified atom stereocenters. The van der Waals surface area contributed by atoms with Crippen molar-refractivity contribution in [2.75, 3.05) is 0 Å². The van der Waals surface area contributed by atoms with Gasteiger partial charge >= 0.3 is 179 Å². The first-order valence-electron chi connectivity index (χ1n) is 11.0. The van der Waals surface area contributed by atoms with Gasteiger partial charge in [-0.2, -0.15) is 0 Å². The average Bonchev–Trinajstić information content (AvgIpc) is 3.51. The molecule has 2 bridgehead atoms. The largest absolute Gasteiger partial charge is 1.00 e. The summed E-state index contributed by atoms with van der Waals surface area (Å²) < 4.78 is 1.56. The van der Waals surface area contributed by atoms with Crippen molar-refractivity contribution in [2.45, 2.75) is 33.9 Å². The van der Waals surface area contributed by atoms with Crippen molar-refractivity contribution in [1.82, 2.24) is 0 Å². The Morgan fingerprint density at radius 2 is 1.03 bits per heavy atom. The van der Waals surface area contributed by atoms with Crippen LogP contribution in [0.5, 0.6) is 0 Å². The Labute approximate surface area is 202 Å². The molecule has 2 heterocycles. The molecule has 4 aliphatic rings. The van der Waals surface area contributed by atoms with Crippen molar-refractivity contribution in [3.63, 3.8) is 0 Å². The number of benzene rings is 2. The molecule has 0 saturated heterocycles. The standard InChI is InChI=1S/2C11H11.C4H4Si2.2ClH.Zr/c2*1-2-9-7-10-5-3-4-6-11(10)8-9;1-2-6-4-3-5-1;;;/h2*3-8H,2H2,1H3;1-4H;2*1H;/q;;;;;+2/p-2. The van der Waals surface area contributed by atoms with E-state index in [1.54, 1.807) is 22.3 Å². The Hall–Kier alpha value is -0.703. The van der Waals surface area contributed by atoms with Crippen LogP contribution < -0.4 is 24.8 Å². The fourth-order valence-electron chi connectivity index (χ4n) is 6.49. The van der Waals surface area contributed by atoms with Gasteiger partial charge < -0.3 is 24.8 Å². The Morgan fingerprint density at radius 1 is 0.645 bits per heavy atom. The maximum atomic E-state index is 2.75. The van der Waals surface area contributed by atoms with E-state index < -0.39 is 28.4 Å². The summed E-state index contributed by atoms with van der Waals surface area (Å²) in [6.07, 6.45) is 7.58. The van der Waals surface area contributed by atoms with Crippen LogP contribution in [0.15, 0.2) is 82.5 Å². The van der Waals surface area contributed by atoms with Crippen LogP contribution in [-0.2, 0) is 17.5 Å². The van der Waals surface area contributed by atoms with E-state index in [9.17, 15) is 0 Å². The molecule has 2 aromatic carbocycles. The first-order chi connectivity index (χ1) is 14.3. The summed E-state index contributed by atoms with van der Waals surface area (Å²) in [5.74, 6) is 0. The monoisotopic (exact) mass is 554 g/mol. The van der Waals surface area contributed by atoms with Gasteiger partial charge in [-0.3, -0.25) is 0 Å². The van der Waals surface area contributed by atoms with Crippen LogP contribution in [0.1, 0.15) is 56.2 Å². The number of rotatable bonds is 4. The van der Waals surface area contributed by atoms with E-state index in [0.29, 0.717) is 0 Å². The second-order valence-electron chi connectivity index (χ2n) is 8.72. The molecule has 0 saturated carbocycles. The molecule has 5 heteroatoms. The Bertz CT molecular complexity index is 1200. The second-order valence-corrected chi connectivity index (χ2v) is 40.2. The van der Waals surface area contributed by atoms with Crippen molar-refractivity contribution < 1.29 is 42.3 Å². The van der Waals surface area contributed by atoms with Gasteiger partial charge in [0.05, 0.1) is 0 Å². The van der Waals surface area contributed by atoms with Gasteiger partial charge in [-0.25, -0.2) is 0 Å². The maximum absolute atomic E-state index is 2.75. The summed E-state index contributed by atoms with van der Waals surface area (Å²) in [4.78, 5) is 0. The van der Waals surface area contributed by atoms with Gasteiger partial charge in [0.1, 0.15) is 0 Å². The minimum Gasteiger partial charge on any atom is -1.00 e. The van der Waals surface area contributed by atoms with Crippen LogP contribution in [0.25, 0.3) is 12.2 Å². The molecule has 2 aliphatic heterocycles. The van der Waals surface area contributed by atoms with Gasteiger partial charge in [0.2, 0.25) is 0 Å². The van der Waals surface area contributed by atoms with Gasteiger partial charge in [0.15, 0.2) is 0 Å². The van der Waals surface area contributed by atoms with Crippen molar-refractivity contribution in [1.29, 1.82) is 0 Å². The molecule has 156 valence electrons. The van der Waals surface area contributed by atoms with Crippen molar-refractivity contribution in [2.24, 2.45) is 0 Å². The number of hydrogen-bond acceptors (Lipinski definition) is 0. The second kappa shape index (κ2) is 8.91. The zero-order valence-corrected chi connectivity index (χ0v) is 23.9. The van der Waals surface area contributed by atoms with Crippen molar-refractivity contribution >= 4 is 23.0 Å². The molecule has 31 heavy (non-hydrogen) atoms. The average molecular weight is 557 g/mol. The fraction of sp³-hybridized carbons (Fsp3) is 0.231. The van der Waals surface area contributed by atoms with Crippen LogP contribution in [-0.4, -0.2) is 10.9 Å². The molecule has 2 aliphatic carbocycles. The number of fused-ring (bicyclic) bond motifs is 2. The minimum atomic E-state index is -2.74. The van der Waals surface area contributed by atoms with E-state index >= 15 is 0 Å². The van der Waals surface area contributed by atoms with Gasteiger partial charge in [-0.15, -0.1) is 0 Å². The van der Waals surface area contributed by atoms with E-state index in [1.165, 1.54) is 24.0 Å². The quantitative estimate of drug-likeness (QED) is 0.482. The van der Waals surface area contributed by atoms with E-state index in [1.807, 2.05) is 0 Å². The Balaban J connectivity index is 0.00000116. The summed E-state index contributed by atoms with van der Waals surface area (Å²) >= 11 is -2.74. The van der Waals surface area contributed by atoms with Crippen LogP contribution in [0.2, 0.25) is 0 Å². The molecular weight excluding hydrogens is 531 g/mol. The maximum Gasteiger partial charge on any atom is -1.00 e. The third kappa shape index (κ3) is 3.15. The molecule has 0 fully saturated rings. The predicted molar refractivity (Wildman–Crippen MR) is 125 cm³/mol. The SMILES string of the molecule is CCC1=Cc2ccccc2[CH]1[Zr+2]1([CH]2C(CC)=Cc3ccccc32)=[Si]2C=C[Si]=1C=C2.[Cl-].[Cl-]. The normalized spacial score (nSPS) is 21.1. The molecule has 2 aromatic rings. The summed E-state index contributed by atoms with van der Waals surface area (Å²) in [6.45, 7) is 4.80. The summed E-state index contributed by atoms with van der Waals surface area (Å²) in [5.41, 5.74) is 20.0. The zero-order chi connectivity index (χ0) is 19.6. The first-order valence-corrected chi connectivity index (χ1v) is 24.5. The Morgan fingerprint density at radius 3 is 1.42 bits per heavy atom. The molecular formula is C26H26Cl2Si2Zr. The Kier molecular flexibility index (Phi) is 6.75. The van der Waals surface area contributed by atoms with Crippen molar-refractivity contribution in [3.05, 3.63) is 105 Å². The van der Waals surface area contributed by atoms with Crippen LogP contribution in [0, 0.1) is 0 Å². The van der Waals surface area contributed by atoms with Gasteiger partial charge in [-0.1, -0.05) is 0 Å². The smallest absolute Gasteiger partial charge is 1.00 e. The molecule has 0 spiro atoms. The van der Waals surface area contributed by atoms with E-state index in [4.69, 9.17) is 0 Å². The van der Waals surface area contributed by atoms with E-state index in [2.05, 4.69) is 97.3 Å². The molecule has 0 aromatic heterocycles. The molecule has 0 radical (unpaired) electrons. The summed E-state index contributed by atoms with van der Waals surface area (Å²) in [6, 6.07) is 18.8. The molecule has 0 amide bonds. The summed E-state index contributed by atoms with van der Waals surface area (Å²) in [5, 5.41) is 0. The number of halogens is 2. The first kappa shape index (κ1) is 23.5. The molecule has 6 rings (SSSR count).